The predicted octanol–water partition coefficient (Wildman–Crippen LogP) is 2.86. The van der Waals surface area contributed by atoms with Gasteiger partial charge in [0, 0.05) is 33.1 Å². The maximum Gasteiger partial charge on any atom is 0.236 e. The molecule has 3 heterocycles. The minimum absolute atomic E-state index is 0.195. The van der Waals surface area contributed by atoms with E-state index in [1.54, 1.807) is 14.0 Å². The quantitative estimate of drug-likeness (QED) is 0.640. The summed E-state index contributed by atoms with van der Waals surface area (Å²) in [5, 5.41) is 9.24. The van der Waals surface area contributed by atoms with E-state index in [2.05, 4.69) is 28.1 Å². The van der Waals surface area contributed by atoms with E-state index in [4.69, 9.17) is 9.15 Å². The number of carbonyl (C=O) groups is 1. The lowest BCUT2D eigenvalue weighted by molar-refractivity contribution is -0.133. The Kier molecular flexibility index (Phi) is 7.50. The standard InChI is InChI=1S/C25H33N5O3/c1-19-27-23(17-26)25(33-19)30-15-13-29(14-16-30)24(31)18-28-11-9-21(10-12-28)4-3-20-5-7-22(32-2)8-6-20/h5-8,21H,3-4,9-16,18H2,1-2H3. The van der Waals surface area contributed by atoms with Gasteiger partial charge in [-0.2, -0.15) is 5.26 Å². The van der Waals surface area contributed by atoms with Crippen molar-refractivity contribution in [3.63, 3.8) is 0 Å². The lowest BCUT2D eigenvalue weighted by Crippen LogP contribution is -2.52. The van der Waals surface area contributed by atoms with Crippen molar-refractivity contribution in [3.8, 4) is 11.8 Å². The summed E-state index contributed by atoms with van der Waals surface area (Å²) in [5.74, 6) is 2.84. The number of aromatic nitrogens is 1. The number of ether oxygens (including phenoxy) is 1. The first-order chi connectivity index (χ1) is 16.1. The summed E-state index contributed by atoms with van der Waals surface area (Å²) in [4.78, 5) is 23.2. The number of rotatable bonds is 7. The molecule has 0 radical (unpaired) electrons. The molecule has 1 aromatic carbocycles. The fourth-order valence-electron chi connectivity index (χ4n) is 4.75. The van der Waals surface area contributed by atoms with Gasteiger partial charge in [0.2, 0.25) is 17.5 Å². The molecule has 33 heavy (non-hydrogen) atoms. The summed E-state index contributed by atoms with van der Waals surface area (Å²) in [6.45, 7) is 6.81. The minimum Gasteiger partial charge on any atom is -0.497 e. The highest BCUT2D eigenvalue weighted by atomic mass is 16.5. The van der Waals surface area contributed by atoms with Crippen molar-refractivity contribution in [2.75, 3.05) is 57.8 Å². The topological polar surface area (TPSA) is 85.8 Å². The van der Waals surface area contributed by atoms with Gasteiger partial charge < -0.3 is 19.0 Å². The van der Waals surface area contributed by atoms with Crippen LogP contribution in [0.3, 0.4) is 0 Å². The fraction of sp³-hybridized carbons (Fsp3) is 0.560. The van der Waals surface area contributed by atoms with E-state index in [1.807, 2.05) is 21.9 Å². The van der Waals surface area contributed by atoms with E-state index >= 15 is 0 Å². The zero-order chi connectivity index (χ0) is 23.2. The molecule has 0 spiro atoms. The molecule has 0 bridgehead atoms. The number of oxazole rings is 1. The monoisotopic (exact) mass is 451 g/mol. The smallest absolute Gasteiger partial charge is 0.236 e. The lowest BCUT2D eigenvalue weighted by Gasteiger charge is -2.37. The maximum absolute atomic E-state index is 12.8. The number of aryl methyl sites for hydroxylation is 2. The number of nitrogens with zero attached hydrogens (tertiary/aromatic N) is 5. The molecule has 2 saturated heterocycles. The van der Waals surface area contributed by atoms with Gasteiger partial charge in [0.15, 0.2) is 5.89 Å². The summed E-state index contributed by atoms with van der Waals surface area (Å²) in [5.41, 5.74) is 1.68. The van der Waals surface area contributed by atoms with Crippen LogP contribution in [0.5, 0.6) is 5.75 Å². The number of benzene rings is 1. The second-order valence-electron chi connectivity index (χ2n) is 8.97. The molecule has 8 heteroatoms. The number of amides is 1. The summed E-state index contributed by atoms with van der Waals surface area (Å²) in [7, 11) is 1.69. The molecule has 0 saturated carbocycles. The zero-order valence-electron chi connectivity index (χ0n) is 19.6. The number of piperidine rings is 1. The molecule has 2 fully saturated rings. The Bertz CT molecular complexity index is 965. The molecular formula is C25H33N5O3. The van der Waals surface area contributed by atoms with Crippen LogP contribution in [0.15, 0.2) is 28.7 Å². The van der Waals surface area contributed by atoms with E-state index in [0.717, 1.165) is 44.0 Å². The summed E-state index contributed by atoms with van der Waals surface area (Å²) in [6.07, 6.45) is 4.59. The molecule has 0 atom stereocenters. The van der Waals surface area contributed by atoms with Crippen molar-refractivity contribution >= 4 is 11.8 Å². The third-order valence-electron chi connectivity index (χ3n) is 6.81. The Balaban J connectivity index is 1.17. The molecule has 0 unspecified atom stereocenters. The SMILES string of the molecule is COc1ccc(CCC2CCN(CC(=O)N3CCN(c4oc(C)nc4C#N)CC3)CC2)cc1. The average Bonchev–Trinajstić information content (AvgIpc) is 3.24. The van der Waals surface area contributed by atoms with E-state index in [1.165, 1.54) is 12.0 Å². The van der Waals surface area contributed by atoms with E-state index in [0.29, 0.717) is 50.2 Å². The van der Waals surface area contributed by atoms with Crippen LogP contribution >= 0.6 is 0 Å². The van der Waals surface area contributed by atoms with Crippen molar-refractivity contribution in [3.05, 3.63) is 41.4 Å². The number of hydrogen-bond donors (Lipinski definition) is 0. The van der Waals surface area contributed by atoms with Crippen LogP contribution in [-0.4, -0.2) is 73.6 Å². The van der Waals surface area contributed by atoms with E-state index < -0.39 is 0 Å². The average molecular weight is 452 g/mol. The first-order valence-electron chi connectivity index (χ1n) is 11.8. The molecule has 2 aliphatic rings. The third kappa shape index (κ3) is 5.85. The zero-order valence-corrected chi connectivity index (χ0v) is 19.6. The normalized spacial score (nSPS) is 17.7. The summed E-state index contributed by atoms with van der Waals surface area (Å²) < 4.78 is 10.8. The summed E-state index contributed by atoms with van der Waals surface area (Å²) >= 11 is 0. The Morgan fingerprint density at radius 1 is 1.15 bits per heavy atom. The Morgan fingerprint density at radius 2 is 1.85 bits per heavy atom. The molecule has 1 aromatic heterocycles. The predicted molar refractivity (Wildman–Crippen MR) is 125 cm³/mol. The Hall–Kier alpha value is -3.05. The van der Waals surface area contributed by atoms with Gasteiger partial charge in [0.25, 0.3) is 0 Å². The number of anilines is 1. The van der Waals surface area contributed by atoms with Crippen molar-refractivity contribution in [2.45, 2.75) is 32.6 Å². The van der Waals surface area contributed by atoms with Crippen molar-refractivity contribution in [2.24, 2.45) is 5.92 Å². The van der Waals surface area contributed by atoms with Crippen LogP contribution < -0.4 is 9.64 Å². The van der Waals surface area contributed by atoms with E-state index in [9.17, 15) is 10.1 Å². The van der Waals surface area contributed by atoms with Gasteiger partial charge in [-0.15, -0.1) is 0 Å². The first kappa shape index (κ1) is 23.1. The maximum atomic E-state index is 12.8. The fourth-order valence-corrected chi connectivity index (χ4v) is 4.75. The van der Waals surface area contributed by atoms with Crippen molar-refractivity contribution < 1.29 is 13.9 Å². The number of carbonyl (C=O) groups excluding carboxylic acids is 1. The van der Waals surface area contributed by atoms with Crippen LogP contribution in [0.25, 0.3) is 0 Å². The third-order valence-corrected chi connectivity index (χ3v) is 6.81. The van der Waals surface area contributed by atoms with Gasteiger partial charge in [-0.1, -0.05) is 12.1 Å². The summed E-state index contributed by atoms with van der Waals surface area (Å²) in [6, 6.07) is 10.4. The molecule has 1 amide bonds. The van der Waals surface area contributed by atoms with Crippen LogP contribution in [0.2, 0.25) is 0 Å². The first-order valence-corrected chi connectivity index (χ1v) is 11.8. The lowest BCUT2D eigenvalue weighted by atomic mass is 9.90. The number of hydrogen-bond acceptors (Lipinski definition) is 7. The van der Waals surface area contributed by atoms with Crippen LogP contribution in [0, 0.1) is 24.2 Å². The van der Waals surface area contributed by atoms with Gasteiger partial charge in [-0.3, -0.25) is 9.69 Å². The number of piperazine rings is 1. The second kappa shape index (κ2) is 10.7. The van der Waals surface area contributed by atoms with Crippen molar-refractivity contribution in [1.29, 1.82) is 5.26 Å². The molecule has 0 N–H and O–H groups in total. The van der Waals surface area contributed by atoms with Gasteiger partial charge in [0.1, 0.15) is 11.8 Å². The number of likely N-dealkylation sites (tertiary alicyclic amines) is 1. The van der Waals surface area contributed by atoms with Crippen LogP contribution in [-0.2, 0) is 11.2 Å². The highest BCUT2D eigenvalue weighted by Gasteiger charge is 2.27. The van der Waals surface area contributed by atoms with Gasteiger partial charge in [0.05, 0.1) is 13.7 Å². The van der Waals surface area contributed by atoms with E-state index in [-0.39, 0.29) is 5.91 Å². The molecule has 2 aromatic rings. The van der Waals surface area contributed by atoms with Crippen LogP contribution in [0.1, 0.15) is 36.4 Å². The van der Waals surface area contributed by atoms with Crippen LogP contribution in [0.4, 0.5) is 5.88 Å². The van der Waals surface area contributed by atoms with Crippen molar-refractivity contribution in [1.82, 2.24) is 14.8 Å². The molecule has 2 aliphatic heterocycles. The highest BCUT2D eigenvalue weighted by Crippen LogP contribution is 2.24. The molecule has 4 rings (SSSR count). The Morgan fingerprint density at radius 3 is 2.48 bits per heavy atom. The van der Waals surface area contributed by atoms with Gasteiger partial charge >= 0.3 is 0 Å². The Labute approximate surface area is 195 Å². The molecule has 0 aliphatic carbocycles. The molecule has 176 valence electrons. The number of nitriles is 1. The van der Waals surface area contributed by atoms with Gasteiger partial charge in [-0.05, 0) is 62.4 Å². The molecular weight excluding hydrogens is 418 g/mol. The minimum atomic E-state index is 0.195. The largest absolute Gasteiger partial charge is 0.497 e. The second-order valence-corrected chi connectivity index (χ2v) is 8.97. The molecule has 8 nitrogen and oxygen atoms in total. The highest BCUT2D eigenvalue weighted by molar-refractivity contribution is 5.78. The van der Waals surface area contributed by atoms with Gasteiger partial charge in [-0.25, -0.2) is 4.98 Å². The number of methoxy groups -OCH3 is 1.